The second-order valence-corrected chi connectivity index (χ2v) is 9.57. The van der Waals surface area contributed by atoms with E-state index < -0.39 is 0 Å². The Balaban J connectivity index is 1.40. The Hall–Kier alpha value is -3.97. The molecule has 4 aromatic rings. The number of hydrogen-bond donors (Lipinski definition) is 0. The summed E-state index contributed by atoms with van der Waals surface area (Å²) >= 11 is 0. The van der Waals surface area contributed by atoms with E-state index in [9.17, 15) is 10.1 Å². The Kier molecular flexibility index (Phi) is 6.59. The van der Waals surface area contributed by atoms with Crippen molar-refractivity contribution in [3.63, 3.8) is 0 Å². The Morgan fingerprint density at radius 2 is 1.77 bits per heavy atom. The van der Waals surface area contributed by atoms with Crippen molar-refractivity contribution in [2.24, 2.45) is 5.92 Å². The summed E-state index contributed by atoms with van der Waals surface area (Å²) < 4.78 is 1.66. The van der Waals surface area contributed by atoms with Crippen molar-refractivity contribution in [3.05, 3.63) is 119 Å². The predicted molar refractivity (Wildman–Crippen MR) is 138 cm³/mol. The molecule has 0 spiro atoms. The molecule has 1 unspecified atom stereocenters. The first kappa shape index (κ1) is 22.8. The van der Waals surface area contributed by atoms with Crippen LogP contribution in [0.4, 0.5) is 0 Å². The molecular weight excluding hydrogens is 430 g/mol. The molecule has 4 heteroatoms. The van der Waals surface area contributed by atoms with E-state index in [4.69, 9.17) is 0 Å². The van der Waals surface area contributed by atoms with Gasteiger partial charge in [0.05, 0.1) is 23.0 Å². The van der Waals surface area contributed by atoms with Gasteiger partial charge in [-0.15, -0.1) is 0 Å². The first-order valence-corrected chi connectivity index (χ1v) is 12.3. The van der Waals surface area contributed by atoms with Gasteiger partial charge in [-0.1, -0.05) is 73.5 Å². The van der Waals surface area contributed by atoms with Crippen LogP contribution in [0.3, 0.4) is 0 Å². The number of ketones is 1. The minimum atomic E-state index is 0.0133. The second kappa shape index (κ2) is 10.1. The van der Waals surface area contributed by atoms with E-state index >= 15 is 0 Å². The number of nitrogens with zero attached hydrogens (tertiary/aromatic N) is 3. The number of carbonyl (C=O) groups is 1. The Morgan fingerprint density at radius 1 is 1.00 bits per heavy atom. The summed E-state index contributed by atoms with van der Waals surface area (Å²) in [7, 11) is 0. The SMILES string of the molecule is Cc1cc(C(=O)Cc2cccc(C(CCC3CC3)c3ccccc3)c2)n(-c2cccc(C#N)c2)n1. The van der Waals surface area contributed by atoms with Gasteiger partial charge in [-0.2, -0.15) is 10.4 Å². The molecule has 0 radical (unpaired) electrons. The third-order valence-corrected chi connectivity index (χ3v) is 6.82. The molecule has 5 rings (SSSR count). The summed E-state index contributed by atoms with van der Waals surface area (Å²) in [6, 6.07) is 30.4. The van der Waals surface area contributed by atoms with E-state index in [0.717, 1.165) is 29.3 Å². The van der Waals surface area contributed by atoms with E-state index in [0.29, 0.717) is 23.6 Å². The lowest BCUT2D eigenvalue weighted by atomic mass is 9.85. The van der Waals surface area contributed by atoms with Crippen molar-refractivity contribution in [1.29, 1.82) is 5.26 Å². The molecule has 35 heavy (non-hydrogen) atoms. The normalized spacial score (nSPS) is 13.8. The maximum atomic E-state index is 13.4. The minimum Gasteiger partial charge on any atom is -0.292 e. The van der Waals surface area contributed by atoms with Crippen LogP contribution >= 0.6 is 0 Å². The van der Waals surface area contributed by atoms with Crippen LogP contribution < -0.4 is 0 Å². The average molecular weight is 460 g/mol. The lowest BCUT2D eigenvalue weighted by Gasteiger charge is -2.19. The van der Waals surface area contributed by atoms with Crippen molar-refractivity contribution in [2.75, 3.05) is 0 Å². The minimum absolute atomic E-state index is 0.0133. The maximum Gasteiger partial charge on any atom is 0.185 e. The Labute approximate surface area is 206 Å². The lowest BCUT2D eigenvalue weighted by molar-refractivity contribution is 0.0985. The third kappa shape index (κ3) is 5.41. The average Bonchev–Trinajstić information content (AvgIpc) is 3.63. The summed E-state index contributed by atoms with van der Waals surface area (Å²) in [6.07, 6.45) is 5.41. The molecule has 1 aliphatic rings. The highest BCUT2D eigenvalue weighted by atomic mass is 16.1. The van der Waals surface area contributed by atoms with Crippen LogP contribution in [0.1, 0.15) is 70.0 Å². The number of aromatic nitrogens is 2. The molecule has 1 fully saturated rings. The number of nitriles is 1. The molecule has 1 aromatic heterocycles. The molecule has 4 nitrogen and oxygen atoms in total. The number of hydrogen-bond acceptors (Lipinski definition) is 3. The van der Waals surface area contributed by atoms with Crippen molar-refractivity contribution in [3.8, 4) is 11.8 Å². The zero-order valence-corrected chi connectivity index (χ0v) is 20.0. The number of rotatable bonds is 9. The Bertz CT molecular complexity index is 1380. The van der Waals surface area contributed by atoms with Crippen LogP contribution in [0, 0.1) is 24.2 Å². The molecule has 0 saturated heterocycles. The van der Waals surface area contributed by atoms with Crippen molar-refractivity contribution >= 4 is 5.78 Å². The molecular formula is C31H29N3O. The second-order valence-electron chi connectivity index (χ2n) is 9.57. The first-order chi connectivity index (χ1) is 17.1. The van der Waals surface area contributed by atoms with Crippen molar-refractivity contribution in [1.82, 2.24) is 9.78 Å². The largest absolute Gasteiger partial charge is 0.292 e. The highest BCUT2D eigenvalue weighted by Gasteiger charge is 2.24. The highest BCUT2D eigenvalue weighted by molar-refractivity contribution is 5.96. The monoisotopic (exact) mass is 459 g/mol. The molecule has 0 bridgehead atoms. The van der Waals surface area contributed by atoms with Gasteiger partial charge in [-0.25, -0.2) is 4.68 Å². The molecule has 174 valence electrons. The molecule has 1 saturated carbocycles. The first-order valence-electron chi connectivity index (χ1n) is 12.3. The molecule has 0 aliphatic heterocycles. The topological polar surface area (TPSA) is 58.7 Å². The fraction of sp³-hybridized carbons (Fsp3) is 0.258. The van der Waals surface area contributed by atoms with E-state index in [-0.39, 0.29) is 5.78 Å². The number of aryl methyl sites for hydroxylation is 1. The predicted octanol–water partition coefficient (Wildman–Crippen LogP) is 6.80. The zero-order chi connectivity index (χ0) is 24.2. The van der Waals surface area contributed by atoms with Gasteiger partial charge in [-0.3, -0.25) is 4.79 Å². The smallest absolute Gasteiger partial charge is 0.185 e. The van der Waals surface area contributed by atoms with Gasteiger partial charge >= 0.3 is 0 Å². The van der Waals surface area contributed by atoms with Crippen LogP contribution in [0.15, 0.2) is 84.9 Å². The summed E-state index contributed by atoms with van der Waals surface area (Å²) in [5.74, 6) is 1.24. The number of benzene rings is 3. The Morgan fingerprint density at radius 3 is 2.54 bits per heavy atom. The third-order valence-electron chi connectivity index (χ3n) is 6.82. The van der Waals surface area contributed by atoms with Crippen LogP contribution in [0.25, 0.3) is 5.69 Å². The zero-order valence-electron chi connectivity index (χ0n) is 20.0. The lowest BCUT2D eigenvalue weighted by Crippen LogP contribution is -2.12. The maximum absolute atomic E-state index is 13.4. The van der Waals surface area contributed by atoms with Gasteiger partial charge < -0.3 is 0 Å². The van der Waals surface area contributed by atoms with Crippen LogP contribution in [-0.2, 0) is 6.42 Å². The highest BCUT2D eigenvalue weighted by Crippen LogP contribution is 2.38. The van der Waals surface area contributed by atoms with Crippen molar-refractivity contribution in [2.45, 2.75) is 44.9 Å². The van der Waals surface area contributed by atoms with Gasteiger partial charge in [0.1, 0.15) is 5.69 Å². The molecule has 1 aliphatic carbocycles. The van der Waals surface area contributed by atoms with Gasteiger partial charge in [0, 0.05) is 12.3 Å². The van der Waals surface area contributed by atoms with Gasteiger partial charge in [0.25, 0.3) is 0 Å². The van der Waals surface area contributed by atoms with E-state index in [1.54, 1.807) is 16.8 Å². The molecule has 1 atom stereocenters. The van der Waals surface area contributed by atoms with Gasteiger partial charge in [0.15, 0.2) is 5.78 Å². The number of carbonyl (C=O) groups excluding carboxylic acids is 1. The van der Waals surface area contributed by atoms with Crippen LogP contribution in [0.5, 0.6) is 0 Å². The number of Topliss-reactive ketones (excluding diaryl/α,β-unsaturated/α-hetero) is 1. The molecule has 1 heterocycles. The van der Waals surface area contributed by atoms with Gasteiger partial charge in [-0.05, 0) is 66.6 Å². The van der Waals surface area contributed by atoms with Crippen molar-refractivity contribution < 1.29 is 4.79 Å². The fourth-order valence-corrected chi connectivity index (χ4v) is 4.82. The summed E-state index contributed by atoms with van der Waals surface area (Å²) in [4.78, 5) is 13.4. The van der Waals surface area contributed by atoms with Crippen LogP contribution in [-0.4, -0.2) is 15.6 Å². The van der Waals surface area contributed by atoms with Gasteiger partial charge in [0.2, 0.25) is 0 Å². The summed E-state index contributed by atoms with van der Waals surface area (Å²) in [5, 5.41) is 13.8. The standard InChI is InChI=1S/C31H29N3O/c1-22-17-30(34(33-22)28-12-6-8-25(19-28)21-32)31(35)20-24-7-5-11-27(18-24)29(16-15-23-13-14-23)26-9-3-2-4-10-26/h2-12,17-19,23,29H,13-16,20H2,1H3. The molecule has 3 aromatic carbocycles. The summed E-state index contributed by atoms with van der Waals surface area (Å²) in [5.41, 5.74) is 6.19. The summed E-state index contributed by atoms with van der Waals surface area (Å²) in [6.45, 7) is 1.88. The van der Waals surface area contributed by atoms with Crippen LogP contribution in [0.2, 0.25) is 0 Å². The van der Waals surface area contributed by atoms with E-state index in [1.807, 2.05) is 31.2 Å². The van der Waals surface area contributed by atoms with E-state index in [2.05, 4.69) is 59.7 Å². The van der Waals surface area contributed by atoms with E-state index in [1.165, 1.54) is 30.4 Å². The quantitative estimate of drug-likeness (QED) is 0.259. The fourth-order valence-electron chi connectivity index (χ4n) is 4.82. The molecule has 0 amide bonds. The molecule has 0 N–H and O–H groups in total.